The third kappa shape index (κ3) is 3.75. The second-order valence-electron chi connectivity index (χ2n) is 3.96. The molecule has 0 unspecified atom stereocenters. The molecule has 1 aromatic heterocycles. The van der Waals surface area contributed by atoms with E-state index in [9.17, 15) is 0 Å². The Morgan fingerprint density at radius 3 is 2.87 bits per heavy atom. The number of nitrogens with one attached hydrogen (secondary N) is 1. The zero-order chi connectivity index (χ0) is 11.3. The van der Waals surface area contributed by atoms with Crippen LogP contribution in [0.5, 0.6) is 0 Å². The van der Waals surface area contributed by atoms with Crippen molar-refractivity contribution in [3.8, 4) is 0 Å². The molecule has 1 aromatic rings. The molecule has 15 heavy (non-hydrogen) atoms. The Bertz CT molecular complexity index is 298. The van der Waals surface area contributed by atoms with Gasteiger partial charge >= 0.3 is 0 Å². The summed E-state index contributed by atoms with van der Waals surface area (Å²) in [7, 11) is 2.11. The fourth-order valence-corrected chi connectivity index (χ4v) is 1.19. The Hall–Kier alpha value is -1.29. The molecule has 0 spiro atoms. The molecule has 0 atom stereocenters. The zero-order valence-corrected chi connectivity index (χ0v) is 9.70. The predicted molar refractivity (Wildman–Crippen MR) is 64.9 cm³/mol. The largest absolute Gasteiger partial charge is 0.396 e. The number of pyridine rings is 1. The van der Waals surface area contributed by atoms with E-state index in [1.54, 1.807) is 12.4 Å². The lowest BCUT2D eigenvalue weighted by molar-refractivity contribution is 0.284. The highest BCUT2D eigenvalue weighted by Gasteiger charge is 2.02. The fraction of sp³-hybridized carbons (Fsp3) is 0.545. The van der Waals surface area contributed by atoms with Crippen LogP contribution in [0.4, 0.5) is 11.4 Å². The molecular weight excluding hydrogens is 188 g/mol. The van der Waals surface area contributed by atoms with Gasteiger partial charge in [0.25, 0.3) is 0 Å². The van der Waals surface area contributed by atoms with E-state index in [1.807, 2.05) is 6.07 Å². The summed E-state index contributed by atoms with van der Waals surface area (Å²) in [5.41, 5.74) is 7.42. The number of rotatable bonds is 5. The summed E-state index contributed by atoms with van der Waals surface area (Å²) >= 11 is 0. The van der Waals surface area contributed by atoms with E-state index in [4.69, 9.17) is 5.73 Å². The summed E-state index contributed by atoms with van der Waals surface area (Å²) < 4.78 is 0. The topological polar surface area (TPSA) is 54.2 Å². The molecule has 1 heterocycles. The van der Waals surface area contributed by atoms with E-state index in [2.05, 4.69) is 36.1 Å². The standard InChI is InChI=1S/C11H20N4/c1-9(2)15(3)7-6-14-11-4-5-13-8-10(11)12/h4-5,8-9H,6-7,12H2,1-3H3,(H,13,14). The maximum atomic E-state index is 5.76. The maximum Gasteiger partial charge on any atom is 0.0736 e. The average Bonchev–Trinajstić information content (AvgIpc) is 2.20. The van der Waals surface area contributed by atoms with Gasteiger partial charge in [0.15, 0.2) is 0 Å². The highest BCUT2D eigenvalue weighted by atomic mass is 15.1. The van der Waals surface area contributed by atoms with Gasteiger partial charge in [0.05, 0.1) is 17.6 Å². The second-order valence-corrected chi connectivity index (χ2v) is 3.96. The summed E-state index contributed by atoms with van der Waals surface area (Å²) in [6, 6.07) is 2.46. The van der Waals surface area contributed by atoms with E-state index in [0.29, 0.717) is 11.7 Å². The quantitative estimate of drug-likeness (QED) is 0.768. The van der Waals surface area contributed by atoms with Crippen LogP contribution in [0.15, 0.2) is 18.5 Å². The molecule has 0 aliphatic carbocycles. The summed E-state index contributed by atoms with van der Waals surface area (Å²) in [6.07, 6.45) is 3.40. The van der Waals surface area contributed by atoms with Gasteiger partial charge in [-0.15, -0.1) is 0 Å². The Kier molecular flexibility index (Phi) is 4.37. The van der Waals surface area contributed by atoms with Gasteiger partial charge in [0.2, 0.25) is 0 Å². The van der Waals surface area contributed by atoms with Gasteiger partial charge in [0.1, 0.15) is 0 Å². The molecule has 0 radical (unpaired) electrons. The van der Waals surface area contributed by atoms with Crippen molar-refractivity contribution in [3.05, 3.63) is 18.5 Å². The van der Waals surface area contributed by atoms with Crippen molar-refractivity contribution in [2.24, 2.45) is 0 Å². The molecule has 0 saturated carbocycles. The third-order valence-electron chi connectivity index (χ3n) is 2.51. The van der Waals surface area contributed by atoms with Crippen molar-refractivity contribution in [3.63, 3.8) is 0 Å². The normalized spacial score (nSPS) is 11.0. The van der Waals surface area contributed by atoms with E-state index in [0.717, 1.165) is 18.8 Å². The minimum atomic E-state index is 0.571. The van der Waals surface area contributed by atoms with Gasteiger partial charge in [-0.05, 0) is 27.0 Å². The van der Waals surface area contributed by atoms with Gasteiger partial charge in [-0.2, -0.15) is 0 Å². The molecule has 0 fully saturated rings. The summed E-state index contributed by atoms with van der Waals surface area (Å²) in [5.74, 6) is 0. The van der Waals surface area contributed by atoms with Gasteiger partial charge < -0.3 is 16.0 Å². The molecular formula is C11H20N4. The zero-order valence-electron chi connectivity index (χ0n) is 9.70. The van der Waals surface area contributed by atoms with Crippen LogP contribution in [-0.2, 0) is 0 Å². The van der Waals surface area contributed by atoms with E-state index in [1.165, 1.54) is 0 Å². The minimum Gasteiger partial charge on any atom is -0.396 e. The van der Waals surface area contributed by atoms with Crippen LogP contribution >= 0.6 is 0 Å². The second kappa shape index (κ2) is 5.56. The number of aromatic nitrogens is 1. The number of hydrogen-bond acceptors (Lipinski definition) is 4. The first-order chi connectivity index (χ1) is 7.11. The highest BCUT2D eigenvalue weighted by Crippen LogP contribution is 2.14. The number of likely N-dealkylation sites (N-methyl/N-ethyl adjacent to an activating group) is 1. The monoisotopic (exact) mass is 208 g/mol. The van der Waals surface area contributed by atoms with Crippen molar-refractivity contribution >= 4 is 11.4 Å². The maximum absolute atomic E-state index is 5.76. The molecule has 4 nitrogen and oxygen atoms in total. The van der Waals surface area contributed by atoms with E-state index in [-0.39, 0.29) is 0 Å². The highest BCUT2D eigenvalue weighted by molar-refractivity contribution is 5.64. The van der Waals surface area contributed by atoms with Gasteiger partial charge in [-0.25, -0.2) is 0 Å². The number of nitrogens with two attached hydrogens (primary N) is 1. The van der Waals surface area contributed by atoms with Crippen molar-refractivity contribution in [1.29, 1.82) is 0 Å². The number of anilines is 2. The van der Waals surface area contributed by atoms with Crippen molar-refractivity contribution in [2.45, 2.75) is 19.9 Å². The first-order valence-corrected chi connectivity index (χ1v) is 5.25. The van der Waals surface area contributed by atoms with Crippen LogP contribution in [0.25, 0.3) is 0 Å². The first kappa shape index (κ1) is 11.8. The van der Waals surface area contributed by atoms with Crippen LogP contribution in [0.2, 0.25) is 0 Å². The molecule has 3 N–H and O–H groups in total. The lowest BCUT2D eigenvalue weighted by Gasteiger charge is -2.21. The van der Waals surface area contributed by atoms with Crippen LogP contribution in [0.1, 0.15) is 13.8 Å². The lowest BCUT2D eigenvalue weighted by Crippen LogP contribution is -2.31. The smallest absolute Gasteiger partial charge is 0.0736 e. The SMILES string of the molecule is CC(C)N(C)CCNc1ccncc1N. The molecule has 0 bridgehead atoms. The van der Waals surface area contributed by atoms with E-state index < -0.39 is 0 Å². The number of hydrogen-bond donors (Lipinski definition) is 2. The van der Waals surface area contributed by atoms with Crippen LogP contribution in [0.3, 0.4) is 0 Å². The predicted octanol–water partition coefficient (Wildman–Crippen LogP) is 1.42. The molecule has 1 rings (SSSR count). The average molecular weight is 208 g/mol. The summed E-state index contributed by atoms with van der Waals surface area (Å²) in [6.45, 7) is 6.25. The number of nitrogen functional groups attached to an aromatic ring is 1. The number of nitrogens with zero attached hydrogens (tertiary/aromatic N) is 2. The van der Waals surface area contributed by atoms with E-state index >= 15 is 0 Å². The van der Waals surface area contributed by atoms with Crippen LogP contribution < -0.4 is 11.1 Å². The molecule has 0 aromatic carbocycles. The Labute approximate surface area is 91.5 Å². The van der Waals surface area contributed by atoms with Gasteiger partial charge in [-0.3, -0.25) is 4.98 Å². The Morgan fingerprint density at radius 2 is 2.27 bits per heavy atom. The molecule has 0 aliphatic rings. The van der Waals surface area contributed by atoms with Crippen LogP contribution in [0, 0.1) is 0 Å². The Balaban J connectivity index is 2.35. The summed E-state index contributed by atoms with van der Waals surface area (Å²) in [4.78, 5) is 6.22. The van der Waals surface area contributed by atoms with Crippen molar-refractivity contribution in [1.82, 2.24) is 9.88 Å². The van der Waals surface area contributed by atoms with Crippen LogP contribution in [-0.4, -0.2) is 36.1 Å². The van der Waals surface area contributed by atoms with Gasteiger partial charge in [-0.1, -0.05) is 0 Å². The summed E-state index contributed by atoms with van der Waals surface area (Å²) in [5, 5.41) is 3.29. The fourth-order valence-electron chi connectivity index (χ4n) is 1.19. The molecule has 0 amide bonds. The molecule has 4 heteroatoms. The lowest BCUT2D eigenvalue weighted by atomic mass is 10.3. The van der Waals surface area contributed by atoms with Crippen molar-refractivity contribution in [2.75, 3.05) is 31.2 Å². The minimum absolute atomic E-state index is 0.571. The van der Waals surface area contributed by atoms with Crippen molar-refractivity contribution < 1.29 is 0 Å². The molecule has 84 valence electrons. The Morgan fingerprint density at radius 1 is 1.53 bits per heavy atom. The molecule has 0 saturated heterocycles. The first-order valence-electron chi connectivity index (χ1n) is 5.25. The van der Waals surface area contributed by atoms with Gasteiger partial charge in [0, 0.05) is 25.3 Å². The third-order valence-corrected chi connectivity index (χ3v) is 2.51. The molecule has 0 aliphatic heterocycles.